The van der Waals surface area contributed by atoms with Crippen LogP contribution >= 0.6 is 0 Å². The van der Waals surface area contributed by atoms with Crippen molar-refractivity contribution in [1.29, 1.82) is 0 Å². The van der Waals surface area contributed by atoms with Gasteiger partial charge in [-0.3, -0.25) is 0 Å². The van der Waals surface area contributed by atoms with Gasteiger partial charge >= 0.3 is 0 Å². The van der Waals surface area contributed by atoms with Crippen molar-refractivity contribution >= 4 is 5.69 Å². The number of nitrogens with one attached hydrogen (secondary N) is 1. The van der Waals surface area contributed by atoms with Gasteiger partial charge in [0.2, 0.25) is 11.7 Å². The first-order valence-corrected chi connectivity index (χ1v) is 6.46. The highest BCUT2D eigenvalue weighted by molar-refractivity contribution is 5.48. The maximum absolute atomic E-state index is 12.8. The van der Waals surface area contributed by atoms with Gasteiger partial charge in [0.25, 0.3) is 0 Å². The Morgan fingerprint density at radius 1 is 1.14 bits per heavy atom. The highest BCUT2D eigenvalue weighted by Crippen LogP contribution is 2.14. The molecule has 0 amide bonds. The molecule has 5 nitrogen and oxygen atoms in total. The van der Waals surface area contributed by atoms with E-state index in [9.17, 15) is 4.39 Å². The third kappa shape index (κ3) is 3.22. The predicted molar refractivity (Wildman–Crippen MR) is 76.0 cm³/mol. The lowest BCUT2D eigenvalue weighted by Gasteiger charge is -2.02. The maximum atomic E-state index is 12.8. The van der Waals surface area contributed by atoms with Crippen LogP contribution in [0.25, 0.3) is 11.5 Å². The van der Waals surface area contributed by atoms with Crippen LogP contribution in [0.4, 0.5) is 10.1 Å². The van der Waals surface area contributed by atoms with E-state index in [1.807, 2.05) is 31.2 Å². The van der Waals surface area contributed by atoms with Gasteiger partial charge in [0.15, 0.2) is 0 Å². The number of pyridine rings is 1. The van der Waals surface area contributed by atoms with Crippen LogP contribution in [0.1, 0.15) is 11.5 Å². The lowest BCUT2D eigenvalue weighted by molar-refractivity contribution is 0.384. The average Bonchev–Trinajstić information content (AvgIpc) is 2.96. The molecule has 2 heterocycles. The number of rotatable bonds is 4. The average molecular weight is 284 g/mol. The monoisotopic (exact) mass is 284 g/mol. The highest BCUT2D eigenvalue weighted by Gasteiger charge is 2.09. The van der Waals surface area contributed by atoms with Crippen LogP contribution in [0.15, 0.2) is 47.1 Å². The van der Waals surface area contributed by atoms with Gasteiger partial charge in [-0.1, -0.05) is 22.9 Å². The van der Waals surface area contributed by atoms with E-state index in [2.05, 4.69) is 20.4 Å². The molecule has 6 heteroatoms. The number of benzene rings is 1. The molecule has 0 saturated carbocycles. The minimum absolute atomic E-state index is 0.343. The maximum Gasteiger partial charge on any atom is 0.246 e. The molecular weight excluding hydrogens is 271 g/mol. The summed E-state index contributed by atoms with van der Waals surface area (Å²) in [5.41, 5.74) is 2.64. The van der Waals surface area contributed by atoms with E-state index < -0.39 is 5.82 Å². The molecule has 1 aromatic carbocycles. The highest BCUT2D eigenvalue weighted by atomic mass is 19.1. The van der Waals surface area contributed by atoms with Crippen molar-refractivity contribution in [2.75, 3.05) is 5.32 Å². The van der Waals surface area contributed by atoms with E-state index in [0.717, 1.165) is 11.9 Å². The third-order valence-corrected chi connectivity index (χ3v) is 2.92. The quantitative estimate of drug-likeness (QED) is 0.797. The first-order chi connectivity index (χ1) is 10.2. The molecule has 3 rings (SSSR count). The summed E-state index contributed by atoms with van der Waals surface area (Å²) in [5, 5.41) is 7.02. The lowest BCUT2D eigenvalue weighted by Crippen LogP contribution is -1.99. The molecule has 0 aliphatic carbocycles. The summed E-state index contributed by atoms with van der Waals surface area (Å²) in [6, 6.07) is 10.8. The van der Waals surface area contributed by atoms with Gasteiger partial charge in [-0.15, -0.1) is 0 Å². The molecule has 106 valence electrons. The number of nitrogens with zero attached hydrogens (tertiary/aromatic N) is 3. The van der Waals surface area contributed by atoms with Crippen molar-refractivity contribution in [2.45, 2.75) is 13.5 Å². The minimum atomic E-state index is -0.400. The zero-order valence-electron chi connectivity index (χ0n) is 11.4. The fourth-order valence-corrected chi connectivity index (χ4v) is 1.79. The van der Waals surface area contributed by atoms with E-state index in [1.54, 1.807) is 0 Å². The summed E-state index contributed by atoms with van der Waals surface area (Å²) in [6.45, 7) is 2.45. The summed E-state index contributed by atoms with van der Waals surface area (Å²) in [5.74, 6) is 0.385. The Kier molecular flexibility index (Phi) is 3.59. The fraction of sp³-hybridized carbons (Fsp3) is 0.133. The molecule has 0 aliphatic rings. The predicted octanol–water partition coefficient (Wildman–Crippen LogP) is 3.19. The zero-order valence-corrected chi connectivity index (χ0v) is 11.4. The first-order valence-electron chi connectivity index (χ1n) is 6.46. The number of aromatic nitrogens is 3. The van der Waals surface area contributed by atoms with Crippen molar-refractivity contribution in [1.82, 2.24) is 15.1 Å². The summed E-state index contributed by atoms with van der Waals surface area (Å²) < 4.78 is 17.9. The van der Waals surface area contributed by atoms with Crippen molar-refractivity contribution in [3.8, 4) is 11.5 Å². The van der Waals surface area contributed by atoms with E-state index >= 15 is 0 Å². The van der Waals surface area contributed by atoms with Crippen molar-refractivity contribution in [2.24, 2.45) is 0 Å². The van der Waals surface area contributed by atoms with Crippen LogP contribution in [-0.2, 0) is 6.54 Å². The minimum Gasteiger partial charge on any atom is -0.376 e. The Morgan fingerprint density at radius 3 is 2.67 bits per heavy atom. The molecule has 0 spiro atoms. The second-order valence-electron chi connectivity index (χ2n) is 4.59. The molecule has 0 saturated heterocycles. The SMILES string of the molecule is Cc1ccc(NCc2nc(-c3ccc(F)cn3)no2)cc1. The number of hydrogen-bond donors (Lipinski definition) is 1. The first kappa shape index (κ1) is 13.2. The van der Waals surface area contributed by atoms with Gasteiger partial charge in [0, 0.05) is 5.69 Å². The van der Waals surface area contributed by atoms with E-state index in [1.165, 1.54) is 17.7 Å². The molecule has 3 aromatic rings. The summed E-state index contributed by atoms with van der Waals surface area (Å²) in [7, 11) is 0. The molecule has 1 N–H and O–H groups in total. The molecule has 0 fully saturated rings. The van der Waals surface area contributed by atoms with Crippen LogP contribution in [0.3, 0.4) is 0 Å². The number of aryl methyl sites for hydroxylation is 1. The van der Waals surface area contributed by atoms with Gasteiger partial charge in [-0.05, 0) is 31.2 Å². The molecule has 0 bridgehead atoms. The number of anilines is 1. The molecule has 2 aromatic heterocycles. The summed E-state index contributed by atoms with van der Waals surface area (Å²) in [6.07, 6.45) is 1.12. The van der Waals surface area contributed by atoms with E-state index in [0.29, 0.717) is 24.0 Å². The van der Waals surface area contributed by atoms with Crippen LogP contribution in [0.2, 0.25) is 0 Å². The van der Waals surface area contributed by atoms with Gasteiger partial charge in [0.05, 0.1) is 12.7 Å². The van der Waals surface area contributed by atoms with Crippen molar-refractivity contribution in [3.63, 3.8) is 0 Å². The largest absolute Gasteiger partial charge is 0.376 e. The number of halogens is 1. The standard InChI is InChI=1S/C15H13FN4O/c1-10-2-5-12(6-3-10)17-9-14-19-15(20-21-14)13-7-4-11(16)8-18-13/h2-8,17H,9H2,1H3. The Bertz CT molecular complexity index is 722. The zero-order chi connectivity index (χ0) is 14.7. The Morgan fingerprint density at radius 2 is 1.95 bits per heavy atom. The number of hydrogen-bond acceptors (Lipinski definition) is 5. The Balaban J connectivity index is 1.67. The van der Waals surface area contributed by atoms with Gasteiger partial charge < -0.3 is 9.84 Å². The molecule has 21 heavy (non-hydrogen) atoms. The molecule has 0 aliphatic heterocycles. The lowest BCUT2D eigenvalue weighted by atomic mass is 10.2. The molecular formula is C15H13FN4O. The summed E-state index contributed by atoms with van der Waals surface area (Å²) >= 11 is 0. The topological polar surface area (TPSA) is 63.8 Å². The van der Waals surface area contributed by atoms with Crippen LogP contribution in [0.5, 0.6) is 0 Å². The van der Waals surface area contributed by atoms with Crippen LogP contribution in [-0.4, -0.2) is 15.1 Å². The molecule has 0 atom stereocenters. The van der Waals surface area contributed by atoms with Crippen LogP contribution in [0, 0.1) is 12.7 Å². The molecule has 0 radical (unpaired) electrons. The summed E-state index contributed by atoms with van der Waals surface area (Å²) in [4.78, 5) is 8.13. The Hall–Kier alpha value is -2.76. The van der Waals surface area contributed by atoms with E-state index in [4.69, 9.17) is 4.52 Å². The second-order valence-corrected chi connectivity index (χ2v) is 4.59. The third-order valence-electron chi connectivity index (χ3n) is 2.92. The fourth-order valence-electron chi connectivity index (χ4n) is 1.79. The molecule has 0 unspecified atom stereocenters. The van der Waals surface area contributed by atoms with Crippen molar-refractivity contribution in [3.05, 3.63) is 59.9 Å². The van der Waals surface area contributed by atoms with Gasteiger partial charge in [-0.2, -0.15) is 4.98 Å². The normalized spacial score (nSPS) is 10.6. The van der Waals surface area contributed by atoms with Crippen molar-refractivity contribution < 1.29 is 8.91 Å². The Labute approximate surface area is 120 Å². The van der Waals surface area contributed by atoms with Gasteiger partial charge in [0.1, 0.15) is 11.5 Å². The van der Waals surface area contributed by atoms with E-state index in [-0.39, 0.29) is 0 Å². The van der Waals surface area contributed by atoms with Crippen LogP contribution < -0.4 is 5.32 Å². The van der Waals surface area contributed by atoms with Gasteiger partial charge in [-0.25, -0.2) is 9.37 Å². The smallest absolute Gasteiger partial charge is 0.246 e. The second kappa shape index (κ2) is 5.70.